The standard InChI is InChI=1S/C16H30N4O3S/c1-12(2)11-20-14(4)15(13(3)18-20)10-16(21)17-8-7-9-19(5)24(6,22)23/h12H,7-11H2,1-6H3,(H,17,21). The number of aryl methyl sites for hydroxylation is 1. The Balaban J connectivity index is 2.50. The number of sulfonamides is 1. The summed E-state index contributed by atoms with van der Waals surface area (Å²) in [5.74, 6) is 0.434. The molecule has 7 nitrogen and oxygen atoms in total. The molecule has 0 aromatic carbocycles. The largest absolute Gasteiger partial charge is 0.356 e. The van der Waals surface area contributed by atoms with Crippen LogP contribution in [0.25, 0.3) is 0 Å². The van der Waals surface area contributed by atoms with Crippen molar-refractivity contribution in [3.8, 4) is 0 Å². The van der Waals surface area contributed by atoms with Gasteiger partial charge in [-0.15, -0.1) is 0 Å². The van der Waals surface area contributed by atoms with E-state index in [1.54, 1.807) is 0 Å². The Morgan fingerprint density at radius 2 is 1.96 bits per heavy atom. The lowest BCUT2D eigenvalue weighted by molar-refractivity contribution is -0.120. The molecule has 24 heavy (non-hydrogen) atoms. The molecule has 0 saturated carbocycles. The van der Waals surface area contributed by atoms with Gasteiger partial charge < -0.3 is 5.32 Å². The third-order valence-electron chi connectivity index (χ3n) is 3.94. The van der Waals surface area contributed by atoms with E-state index in [0.29, 0.717) is 31.8 Å². The van der Waals surface area contributed by atoms with E-state index in [1.165, 1.54) is 17.6 Å². The fraction of sp³-hybridized carbons (Fsp3) is 0.750. The second kappa shape index (κ2) is 8.62. The Bertz CT molecular complexity index is 665. The second-order valence-corrected chi connectivity index (χ2v) is 8.78. The van der Waals surface area contributed by atoms with E-state index in [0.717, 1.165) is 23.5 Å². The van der Waals surface area contributed by atoms with E-state index < -0.39 is 10.0 Å². The Kier molecular flexibility index (Phi) is 7.41. The molecule has 1 heterocycles. The quantitative estimate of drug-likeness (QED) is 0.670. The topological polar surface area (TPSA) is 84.3 Å². The zero-order chi connectivity index (χ0) is 18.5. The number of hydrogen-bond acceptors (Lipinski definition) is 4. The van der Waals surface area contributed by atoms with Crippen molar-refractivity contribution in [3.63, 3.8) is 0 Å². The minimum atomic E-state index is -3.16. The number of aromatic nitrogens is 2. The summed E-state index contributed by atoms with van der Waals surface area (Å²) in [7, 11) is -1.63. The van der Waals surface area contributed by atoms with Crippen LogP contribution in [0.3, 0.4) is 0 Å². The van der Waals surface area contributed by atoms with Crippen molar-refractivity contribution in [2.75, 3.05) is 26.4 Å². The van der Waals surface area contributed by atoms with E-state index in [4.69, 9.17) is 0 Å². The summed E-state index contributed by atoms with van der Waals surface area (Å²) in [6.07, 6.45) is 2.06. The Labute approximate surface area is 145 Å². The van der Waals surface area contributed by atoms with Gasteiger partial charge in [0.15, 0.2) is 0 Å². The van der Waals surface area contributed by atoms with Crippen LogP contribution in [0.1, 0.15) is 37.2 Å². The molecule has 0 radical (unpaired) electrons. The first-order valence-electron chi connectivity index (χ1n) is 8.23. The summed E-state index contributed by atoms with van der Waals surface area (Å²) < 4.78 is 25.8. The van der Waals surface area contributed by atoms with Crippen molar-refractivity contribution in [2.24, 2.45) is 5.92 Å². The SMILES string of the molecule is Cc1nn(CC(C)C)c(C)c1CC(=O)NCCCN(C)S(C)(=O)=O. The molecule has 1 aromatic rings. The van der Waals surface area contributed by atoms with E-state index in [-0.39, 0.29) is 5.91 Å². The minimum absolute atomic E-state index is 0.0627. The summed E-state index contributed by atoms with van der Waals surface area (Å²) in [5, 5.41) is 7.36. The third-order valence-corrected chi connectivity index (χ3v) is 5.26. The van der Waals surface area contributed by atoms with Crippen molar-refractivity contribution in [3.05, 3.63) is 17.0 Å². The molecular weight excluding hydrogens is 328 g/mol. The molecule has 0 unspecified atom stereocenters. The monoisotopic (exact) mass is 358 g/mol. The molecule has 0 atom stereocenters. The van der Waals surface area contributed by atoms with Crippen molar-refractivity contribution in [1.82, 2.24) is 19.4 Å². The normalized spacial score (nSPS) is 12.2. The average Bonchev–Trinajstić information content (AvgIpc) is 2.69. The van der Waals surface area contributed by atoms with Crippen LogP contribution in [0.4, 0.5) is 0 Å². The predicted octanol–water partition coefficient (Wildman–Crippen LogP) is 1.10. The van der Waals surface area contributed by atoms with Gasteiger partial charge in [0.25, 0.3) is 0 Å². The smallest absolute Gasteiger partial charge is 0.224 e. The molecule has 0 aliphatic heterocycles. The van der Waals surface area contributed by atoms with Crippen molar-refractivity contribution in [2.45, 2.75) is 47.1 Å². The highest BCUT2D eigenvalue weighted by atomic mass is 32.2. The fourth-order valence-corrected chi connectivity index (χ4v) is 2.89. The van der Waals surface area contributed by atoms with Gasteiger partial charge in [0, 0.05) is 37.9 Å². The highest BCUT2D eigenvalue weighted by Crippen LogP contribution is 2.15. The number of amides is 1. The number of nitrogens with one attached hydrogen (secondary N) is 1. The number of carbonyl (C=O) groups is 1. The summed E-state index contributed by atoms with van der Waals surface area (Å²) >= 11 is 0. The van der Waals surface area contributed by atoms with Crippen molar-refractivity contribution < 1.29 is 13.2 Å². The lowest BCUT2D eigenvalue weighted by Crippen LogP contribution is -2.31. The molecule has 0 bridgehead atoms. The minimum Gasteiger partial charge on any atom is -0.356 e. The maximum absolute atomic E-state index is 12.1. The molecule has 0 spiro atoms. The van der Waals surface area contributed by atoms with Crippen LogP contribution in [0.2, 0.25) is 0 Å². The summed E-state index contributed by atoms with van der Waals surface area (Å²) in [6, 6.07) is 0. The Morgan fingerprint density at radius 3 is 2.50 bits per heavy atom. The van der Waals surface area contributed by atoms with Gasteiger partial charge in [-0.3, -0.25) is 9.48 Å². The number of carbonyl (C=O) groups excluding carboxylic acids is 1. The van der Waals surface area contributed by atoms with E-state index >= 15 is 0 Å². The van der Waals surface area contributed by atoms with Crippen LogP contribution >= 0.6 is 0 Å². The molecule has 0 aliphatic rings. The molecule has 1 aromatic heterocycles. The van der Waals surface area contributed by atoms with Gasteiger partial charge in [0.2, 0.25) is 15.9 Å². The van der Waals surface area contributed by atoms with Crippen LogP contribution in [0.15, 0.2) is 0 Å². The molecular formula is C16H30N4O3S. The Hall–Kier alpha value is -1.41. The van der Waals surface area contributed by atoms with Crippen LogP contribution in [0, 0.1) is 19.8 Å². The van der Waals surface area contributed by atoms with Gasteiger partial charge in [0.1, 0.15) is 0 Å². The summed E-state index contributed by atoms with van der Waals surface area (Å²) in [5.41, 5.74) is 2.90. The fourth-order valence-electron chi connectivity index (χ4n) is 2.43. The predicted molar refractivity (Wildman–Crippen MR) is 95.3 cm³/mol. The first-order chi connectivity index (χ1) is 11.0. The van der Waals surface area contributed by atoms with Crippen molar-refractivity contribution >= 4 is 15.9 Å². The first kappa shape index (κ1) is 20.6. The van der Waals surface area contributed by atoms with Gasteiger partial charge in [0.05, 0.1) is 18.4 Å². The molecule has 1 rings (SSSR count). The average molecular weight is 359 g/mol. The molecule has 8 heteroatoms. The highest BCUT2D eigenvalue weighted by Gasteiger charge is 2.15. The first-order valence-corrected chi connectivity index (χ1v) is 10.1. The van der Waals surface area contributed by atoms with Crippen LogP contribution in [-0.4, -0.2) is 54.8 Å². The van der Waals surface area contributed by atoms with E-state index in [9.17, 15) is 13.2 Å². The maximum atomic E-state index is 12.1. The zero-order valence-electron chi connectivity index (χ0n) is 15.6. The van der Waals surface area contributed by atoms with Gasteiger partial charge >= 0.3 is 0 Å². The zero-order valence-corrected chi connectivity index (χ0v) is 16.4. The van der Waals surface area contributed by atoms with Crippen molar-refractivity contribution in [1.29, 1.82) is 0 Å². The lowest BCUT2D eigenvalue weighted by Gasteiger charge is -2.14. The van der Waals surface area contributed by atoms with Gasteiger partial charge in [-0.05, 0) is 26.2 Å². The van der Waals surface area contributed by atoms with E-state index in [1.807, 2.05) is 18.5 Å². The Morgan fingerprint density at radius 1 is 1.33 bits per heavy atom. The van der Waals surface area contributed by atoms with Crippen LogP contribution < -0.4 is 5.32 Å². The second-order valence-electron chi connectivity index (χ2n) is 6.69. The lowest BCUT2D eigenvalue weighted by atomic mass is 10.1. The molecule has 1 amide bonds. The number of hydrogen-bond donors (Lipinski definition) is 1. The van der Waals surface area contributed by atoms with Gasteiger partial charge in [-0.2, -0.15) is 5.10 Å². The summed E-state index contributed by atoms with van der Waals surface area (Å²) in [6.45, 7) is 9.87. The van der Waals surface area contributed by atoms with Crippen LogP contribution in [0.5, 0.6) is 0 Å². The molecule has 0 fully saturated rings. The molecule has 138 valence electrons. The molecule has 0 saturated heterocycles. The highest BCUT2D eigenvalue weighted by molar-refractivity contribution is 7.88. The maximum Gasteiger partial charge on any atom is 0.224 e. The number of nitrogens with zero attached hydrogens (tertiary/aromatic N) is 3. The van der Waals surface area contributed by atoms with Crippen LogP contribution in [-0.2, 0) is 27.8 Å². The molecule has 0 aliphatic carbocycles. The molecule has 1 N–H and O–H groups in total. The van der Waals surface area contributed by atoms with Gasteiger partial charge in [-0.1, -0.05) is 13.8 Å². The summed E-state index contributed by atoms with van der Waals surface area (Å²) in [4.78, 5) is 12.1. The number of rotatable bonds is 9. The van der Waals surface area contributed by atoms with E-state index in [2.05, 4.69) is 24.3 Å². The third kappa shape index (κ3) is 6.24. The van der Waals surface area contributed by atoms with Gasteiger partial charge in [-0.25, -0.2) is 12.7 Å².